The van der Waals surface area contributed by atoms with Gasteiger partial charge in [-0.3, -0.25) is 9.59 Å². The van der Waals surface area contributed by atoms with Crippen molar-refractivity contribution in [3.05, 3.63) is 34.4 Å². The highest BCUT2D eigenvalue weighted by atomic mass is 16.5. The van der Waals surface area contributed by atoms with Crippen LogP contribution in [0, 0.1) is 26.7 Å². The van der Waals surface area contributed by atoms with Crippen LogP contribution < -0.4 is 0 Å². The van der Waals surface area contributed by atoms with Gasteiger partial charge in [-0.1, -0.05) is 38.0 Å². The molecule has 1 aliphatic rings. The van der Waals surface area contributed by atoms with E-state index in [9.17, 15) is 9.59 Å². The topological polar surface area (TPSA) is 43.4 Å². The Morgan fingerprint density at radius 2 is 1.76 bits per heavy atom. The molecular formula is C18H24O3. The lowest BCUT2D eigenvalue weighted by molar-refractivity contribution is -0.163. The third kappa shape index (κ3) is 3.02. The summed E-state index contributed by atoms with van der Waals surface area (Å²) >= 11 is 0. The summed E-state index contributed by atoms with van der Waals surface area (Å²) < 4.78 is 5.56. The average Bonchev–Trinajstić information content (AvgIpc) is 2.39. The Labute approximate surface area is 126 Å². The van der Waals surface area contributed by atoms with Gasteiger partial charge >= 0.3 is 5.97 Å². The fraction of sp³-hybridized carbons (Fsp3) is 0.556. The smallest absolute Gasteiger partial charge is 0.321 e. The Morgan fingerprint density at radius 1 is 1.19 bits per heavy atom. The van der Waals surface area contributed by atoms with E-state index < -0.39 is 5.92 Å². The zero-order chi connectivity index (χ0) is 15.7. The number of carbonyl (C=O) groups is 2. The minimum Gasteiger partial charge on any atom is -0.461 e. The van der Waals surface area contributed by atoms with E-state index in [4.69, 9.17) is 4.74 Å². The van der Waals surface area contributed by atoms with Crippen molar-refractivity contribution in [1.29, 1.82) is 0 Å². The molecule has 21 heavy (non-hydrogen) atoms. The molecule has 0 aromatic heterocycles. The molecule has 0 amide bonds. The van der Waals surface area contributed by atoms with E-state index in [2.05, 4.69) is 0 Å². The highest BCUT2D eigenvalue weighted by Crippen LogP contribution is 2.34. The van der Waals surface area contributed by atoms with Crippen LogP contribution in [-0.4, -0.2) is 17.9 Å². The van der Waals surface area contributed by atoms with Gasteiger partial charge in [0.25, 0.3) is 0 Å². The minimum absolute atomic E-state index is 0.00777. The van der Waals surface area contributed by atoms with E-state index in [1.54, 1.807) is 0 Å². The Balaban J connectivity index is 2.35. The summed E-state index contributed by atoms with van der Waals surface area (Å²) in [6.07, 6.45) is 0.966. The van der Waals surface area contributed by atoms with Gasteiger partial charge < -0.3 is 4.74 Å². The maximum absolute atomic E-state index is 12.5. The van der Waals surface area contributed by atoms with Crippen LogP contribution in [-0.2, 0) is 14.3 Å². The minimum atomic E-state index is -0.745. The summed E-state index contributed by atoms with van der Waals surface area (Å²) in [5.74, 6) is -0.914. The normalized spacial score (nSPS) is 23.9. The first-order valence-electron chi connectivity index (χ1n) is 7.66. The molecule has 1 fully saturated rings. The third-order valence-electron chi connectivity index (χ3n) is 4.53. The van der Waals surface area contributed by atoms with Crippen molar-refractivity contribution in [2.24, 2.45) is 5.92 Å². The molecule has 0 N–H and O–H groups in total. The van der Waals surface area contributed by atoms with Crippen LogP contribution in [0.5, 0.6) is 0 Å². The van der Waals surface area contributed by atoms with E-state index in [0.29, 0.717) is 6.42 Å². The number of benzene rings is 1. The molecule has 3 heteroatoms. The molecule has 0 aliphatic carbocycles. The second-order valence-corrected chi connectivity index (χ2v) is 6.28. The summed E-state index contributed by atoms with van der Waals surface area (Å²) in [4.78, 5) is 24.9. The number of aryl methyl sites for hydroxylation is 3. The first-order valence-corrected chi connectivity index (χ1v) is 7.66. The van der Waals surface area contributed by atoms with Gasteiger partial charge in [0.1, 0.15) is 12.0 Å². The lowest BCUT2D eigenvalue weighted by Gasteiger charge is -2.31. The summed E-state index contributed by atoms with van der Waals surface area (Å²) in [7, 11) is 0. The highest BCUT2D eigenvalue weighted by Gasteiger charge is 2.40. The maximum atomic E-state index is 12.5. The molecule has 3 atom stereocenters. The average molecular weight is 288 g/mol. The van der Waals surface area contributed by atoms with Crippen molar-refractivity contribution >= 4 is 11.8 Å². The zero-order valence-corrected chi connectivity index (χ0v) is 13.5. The molecule has 1 aliphatic heterocycles. The largest absolute Gasteiger partial charge is 0.461 e. The summed E-state index contributed by atoms with van der Waals surface area (Å²) in [6.45, 7) is 9.99. The van der Waals surface area contributed by atoms with Gasteiger partial charge in [0.05, 0.1) is 0 Å². The maximum Gasteiger partial charge on any atom is 0.321 e. The molecule has 0 saturated carbocycles. The summed E-state index contributed by atoms with van der Waals surface area (Å²) in [5.41, 5.74) is 3.95. The van der Waals surface area contributed by atoms with Gasteiger partial charge in [0, 0.05) is 6.42 Å². The molecule has 0 spiro atoms. The van der Waals surface area contributed by atoms with Crippen molar-refractivity contribution in [3.8, 4) is 0 Å². The lowest BCUT2D eigenvalue weighted by Crippen LogP contribution is -2.40. The van der Waals surface area contributed by atoms with Gasteiger partial charge in [-0.15, -0.1) is 0 Å². The Hall–Kier alpha value is -1.64. The second kappa shape index (κ2) is 6.00. The number of esters is 1. The molecule has 1 heterocycles. The van der Waals surface area contributed by atoms with Crippen LogP contribution in [0.2, 0.25) is 0 Å². The van der Waals surface area contributed by atoms with E-state index in [1.807, 2.05) is 46.8 Å². The van der Waals surface area contributed by atoms with Crippen LogP contribution in [0.15, 0.2) is 12.1 Å². The third-order valence-corrected chi connectivity index (χ3v) is 4.53. The van der Waals surface area contributed by atoms with E-state index in [0.717, 1.165) is 28.7 Å². The monoisotopic (exact) mass is 288 g/mol. The van der Waals surface area contributed by atoms with Crippen LogP contribution >= 0.6 is 0 Å². The predicted molar refractivity (Wildman–Crippen MR) is 82.4 cm³/mol. The molecule has 3 unspecified atom stereocenters. The van der Waals surface area contributed by atoms with Gasteiger partial charge in [0.2, 0.25) is 0 Å². The standard InChI is InChI=1S/C18H24O3/c1-6-11(3)15-9-14(19)17(18(20)21-15)16-12(4)7-10(2)8-13(16)5/h7-8,11,15,17H,6,9H2,1-5H3. The molecule has 1 aromatic rings. The fourth-order valence-corrected chi connectivity index (χ4v) is 3.21. The van der Waals surface area contributed by atoms with Crippen LogP contribution in [0.3, 0.4) is 0 Å². The number of rotatable bonds is 3. The van der Waals surface area contributed by atoms with Gasteiger partial charge in [-0.25, -0.2) is 0 Å². The van der Waals surface area contributed by atoms with Crippen molar-refractivity contribution in [1.82, 2.24) is 0 Å². The molecule has 2 rings (SSSR count). The van der Waals surface area contributed by atoms with Crippen LogP contribution in [0.1, 0.15) is 54.9 Å². The first-order chi connectivity index (χ1) is 9.85. The molecule has 0 radical (unpaired) electrons. The second-order valence-electron chi connectivity index (χ2n) is 6.28. The summed E-state index contributed by atoms with van der Waals surface area (Å²) in [5, 5.41) is 0. The fourth-order valence-electron chi connectivity index (χ4n) is 3.21. The number of cyclic esters (lactones) is 1. The highest BCUT2D eigenvalue weighted by molar-refractivity contribution is 6.06. The SMILES string of the molecule is CCC(C)C1CC(=O)C(c2c(C)cc(C)cc2C)C(=O)O1. The molecule has 114 valence electrons. The van der Waals surface area contributed by atoms with Crippen molar-refractivity contribution < 1.29 is 14.3 Å². The number of carbonyl (C=O) groups excluding carboxylic acids is 2. The van der Waals surface area contributed by atoms with E-state index >= 15 is 0 Å². The zero-order valence-electron chi connectivity index (χ0n) is 13.5. The molecule has 1 aromatic carbocycles. The van der Waals surface area contributed by atoms with Crippen molar-refractivity contribution in [2.75, 3.05) is 0 Å². The molecule has 1 saturated heterocycles. The van der Waals surface area contributed by atoms with Gasteiger partial charge in [-0.05, 0) is 43.4 Å². The molecule has 3 nitrogen and oxygen atoms in total. The Bertz CT molecular complexity index is 533. The Morgan fingerprint density at radius 3 is 2.24 bits per heavy atom. The predicted octanol–water partition coefficient (Wildman–Crippen LogP) is 3.63. The quantitative estimate of drug-likeness (QED) is 0.630. The molecule has 0 bridgehead atoms. The van der Waals surface area contributed by atoms with Gasteiger partial charge in [-0.2, -0.15) is 0 Å². The van der Waals surface area contributed by atoms with E-state index in [-0.39, 0.29) is 23.8 Å². The van der Waals surface area contributed by atoms with Crippen LogP contribution in [0.25, 0.3) is 0 Å². The number of ether oxygens (including phenoxy) is 1. The number of hydrogen-bond acceptors (Lipinski definition) is 3. The number of Topliss-reactive ketones (excluding diaryl/α,β-unsaturated/α-hetero) is 1. The Kier molecular flexibility index (Phi) is 4.50. The first kappa shape index (κ1) is 15.7. The van der Waals surface area contributed by atoms with Crippen molar-refractivity contribution in [2.45, 2.75) is 59.5 Å². The molecular weight excluding hydrogens is 264 g/mol. The number of hydrogen-bond donors (Lipinski definition) is 0. The lowest BCUT2D eigenvalue weighted by atomic mass is 9.82. The summed E-state index contributed by atoms with van der Waals surface area (Å²) in [6, 6.07) is 4.04. The van der Waals surface area contributed by atoms with Crippen LogP contribution in [0.4, 0.5) is 0 Å². The van der Waals surface area contributed by atoms with Crippen molar-refractivity contribution in [3.63, 3.8) is 0 Å². The van der Waals surface area contributed by atoms with E-state index in [1.165, 1.54) is 0 Å². The number of ketones is 1. The van der Waals surface area contributed by atoms with Gasteiger partial charge in [0.15, 0.2) is 5.78 Å².